The van der Waals surface area contributed by atoms with Crippen LogP contribution in [-0.4, -0.2) is 24.8 Å². The fourth-order valence-electron chi connectivity index (χ4n) is 1.77. The summed E-state index contributed by atoms with van der Waals surface area (Å²) in [5, 5.41) is 4.89. The summed E-state index contributed by atoms with van der Waals surface area (Å²) >= 11 is 0. The molecule has 3 amide bonds. The Morgan fingerprint density at radius 1 is 0.826 bits per heavy atom. The van der Waals surface area contributed by atoms with Crippen LogP contribution in [0.15, 0.2) is 48.5 Å². The molecular weight excluding hydrogens is 298 g/mol. The predicted molar refractivity (Wildman–Crippen MR) is 85.2 cm³/mol. The molecule has 0 fully saturated rings. The predicted octanol–water partition coefficient (Wildman–Crippen LogP) is 1.37. The van der Waals surface area contributed by atoms with E-state index in [2.05, 4.69) is 10.6 Å². The molecule has 7 heteroatoms. The van der Waals surface area contributed by atoms with Crippen molar-refractivity contribution in [2.24, 2.45) is 5.73 Å². The molecule has 0 atom stereocenters. The summed E-state index contributed by atoms with van der Waals surface area (Å²) in [6.45, 7) is 0. The fourth-order valence-corrected chi connectivity index (χ4v) is 1.77. The van der Waals surface area contributed by atoms with Crippen molar-refractivity contribution in [2.75, 3.05) is 17.7 Å². The van der Waals surface area contributed by atoms with Gasteiger partial charge in [-0.2, -0.15) is 0 Å². The lowest BCUT2D eigenvalue weighted by Gasteiger charge is -2.07. The van der Waals surface area contributed by atoms with E-state index in [1.165, 1.54) is 31.4 Å². The highest BCUT2D eigenvalue weighted by molar-refractivity contribution is 6.43. The first-order valence-electron chi connectivity index (χ1n) is 6.66. The third-order valence-electron chi connectivity index (χ3n) is 2.98. The van der Waals surface area contributed by atoms with Crippen LogP contribution in [0.3, 0.4) is 0 Å². The standard InChI is InChI=1S/C16H15N3O4/c1-23-13-8-6-12(7-9-13)19-16(22)15(21)18-11-4-2-10(3-5-11)14(17)20/h2-9H,1H3,(H2,17,20)(H,18,21)(H,19,22). The third-order valence-corrected chi connectivity index (χ3v) is 2.98. The second kappa shape index (κ2) is 7.08. The molecule has 2 aromatic rings. The number of hydrogen-bond donors (Lipinski definition) is 3. The number of nitrogens with two attached hydrogens (primary N) is 1. The molecule has 0 aliphatic carbocycles. The maximum Gasteiger partial charge on any atom is 0.314 e. The number of anilines is 2. The van der Waals surface area contributed by atoms with Crippen LogP contribution in [0.2, 0.25) is 0 Å². The highest BCUT2D eigenvalue weighted by atomic mass is 16.5. The van der Waals surface area contributed by atoms with Crippen molar-refractivity contribution in [3.8, 4) is 5.75 Å². The van der Waals surface area contributed by atoms with Crippen LogP contribution in [0.1, 0.15) is 10.4 Å². The molecule has 0 aromatic heterocycles. The Kier molecular flexibility index (Phi) is 4.93. The number of carbonyl (C=O) groups excluding carboxylic acids is 3. The Bertz CT molecular complexity index is 724. The van der Waals surface area contributed by atoms with Crippen molar-refractivity contribution in [1.82, 2.24) is 0 Å². The molecule has 0 unspecified atom stereocenters. The molecule has 0 heterocycles. The molecular formula is C16H15N3O4. The van der Waals surface area contributed by atoms with Crippen LogP contribution in [0.4, 0.5) is 11.4 Å². The molecule has 2 aromatic carbocycles. The van der Waals surface area contributed by atoms with Crippen LogP contribution in [-0.2, 0) is 9.59 Å². The minimum Gasteiger partial charge on any atom is -0.497 e. The third kappa shape index (κ3) is 4.31. The van der Waals surface area contributed by atoms with Crippen molar-refractivity contribution in [1.29, 1.82) is 0 Å². The van der Waals surface area contributed by atoms with Gasteiger partial charge in [-0.1, -0.05) is 0 Å². The molecule has 0 saturated heterocycles. The van der Waals surface area contributed by atoms with Gasteiger partial charge in [0.25, 0.3) is 0 Å². The number of ether oxygens (including phenoxy) is 1. The van der Waals surface area contributed by atoms with Crippen LogP contribution >= 0.6 is 0 Å². The molecule has 0 bridgehead atoms. The van der Waals surface area contributed by atoms with Crippen LogP contribution in [0.25, 0.3) is 0 Å². The van der Waals surface area contributed by atoms with Crippen molar-refractivity contribution in [3.63, 3.8) is 0 Å². The Labute approximate surface area is 132 Å². The number of carbonyl (C=O) groups is 3. The lowest BCUT2D eigenvalue weighted by molar-refractivity contribution is -0.132. The molecule has 0 radical (unpaired) electrons. The van der Waals surface area contributed by atoms with Gasteiger partial charge in [0.1, 0.15) is 5.75 Å². The largest absolute Gasteiger partial charge is 0.497 e. The van der Waals surface area contributed by atoms with Gasteiger partial charge >= 0.3 is 11.8 Å². The smallest absolute Gasteiger partial charge is 0.314 e. The Morgan fingerprint density at radius 3 is 1.65 bits per heavy atom. The topological polar surface area (TPSA) is 111 Å². The number of benzene rings is 2. The van der Waals surface area contributed by atoms with Gasteiger partial charge in [-0.15, -0.1) is 0 Å². The van der Waals surface area contributed by atoms with E-state index in [1.54, 1.807) is 24.3 Å². The van der Waals surface area contributed by atoms with E-state index in [-0.39, 0.29) is 0 Å². The Balaban J connectivity index is 1.96. The number of rotatable bonds is 4. The second-order valence-corrected chi connectivity index (χ2v) is 4.58. The summed E-state index contributed by atoms with van der Waals surface area (Å²) in [5.74, 6) is -1.57. The van der Waals surface area contributed by atoms with Gasteiger partial charge in [-0.3, -0.25) is 14.4 Å². The summed E-state index contributed by atoms with van der Waals surface area (Å²) < 4.78 is 5.00. The Hall–Kier alpha value is -3.35. The highest BCUT2D eigenvalue weighted by Crippen LogP contribution is 2.15. The molecule has 4 N–H and O–H groups in total. The summed E-state index contributed by atoms with van der Waals surface area (Å²) in [5.41, 5.74) is 6.28. The van der Waals surface area contributed by atoms with Crippen LogP contribution < -0.4 is 21.1 Å². The van der Waals surface area contributed by atoms with Gasteiger partial charge in [0.15, 0.2) is 0 Å². The fraction of sp³-hybridized carbons (Fsp3) is 0.0625. The van der Waals surface area contributed by atoms with Gasteiger partial charge in [0.2, 0.25) is 5.91 Å². The van der Waals surface area contributed by atoms with Gasteiger partial charge < -0.3 is 21.1 Å². The van der Waals surface area contributed by atoms with Crippen molar-refractivity contribution >= 4 is 29.1 Å². The zero-order valence-corrected chi connectivity index (χ0v) is 12.3. The average molecular weight is 313 g/mol. The average Bonchev–Trinajstić information content (AvgIpc) is 2.56. The number of amides is 3. The molecule has 0 spiro atoms. The first-order valence-corrected chi connectivity index (χ1v) is 6.66. The second-order valence-electron chi connectivity index (χ2n) is 4.58. The van der Waals surface area contributed by atoms with Gasteiger partial charge in [-0.05, 0) is 48.5 Å². The quantitative estimate of drug-likeness (QED) is 0.740. The van der Waals surface area contributed by atoms with E-state index in [0.29, 0.717) is 22.7 Å². The summed E-state index contributed by atoms with van der Waals surface area (Å²) in [4.78, 5) is 34.6. The summed E-state index contributed by atoms with van der Waals surface area (Å²) in [6, 6.07) is 12.4. The monoisotopic (exact) mass is 313 g/mol. The maximum atomic E-state index is 11.8. The molecule has 0 saturated carbocycles. The van der Waals surface area contributed by atoms with Gasteiger partial charge in [0.05, 0.1) is 7.11 Å². The van der Waals surface area contributed by atoms with E-state index < -0.39 is 17.7 Å². The number of primary amides is 1. The summed E-state index contributed by atoms with van der Waals surface area (Å²) in [6.07, 6.45) is 0. The number of hydrogen-bond acceptors (Lipinski definition) is 4. The lowest BCUT2D eigenvalue weighted by atomic mass is 10.2. The van der Waals surface area contributed by atoms with E-state index in [9.17, 15) is 14.4 Å². The molecule has 2 rings (SSSR count). The lowest BCUT2D eigenvalue weighted by Crippen LogP contribution is -2.29. The minimum absolute atomic E-state index is 0.311. The summed E-state index contributed by atoms with van der Waals surface area (Å²) in [7, 11) is 1.53. The first kappa shape index (κ1) is 16.0. The zero-order chi connectivity index (χ0) is 16.8. The molecule has 7 nitrogen and oxygen atoms in total. The molecule has 0 aliphatic heterocycles. The first-order chi connectivity index (χ1) is 11.0. The number of nitrogens with one attached hydrogen (secondary N) is 2. The van der Waals surface area contributed by atoms with Crippen molar-refractivity contribution < 1.29 is 19.1 Å². The maximum absolute atomic E-state index is 11.8. The van der Waals surface area contributed by atoms with Crippen LogP contribution in [0.5, 0.6) is 5.75 Å². The minimum atomic E-state index is -0.826. The van der Waals surface area contributed by atoms with E-state index in [1.807, 2.05) is 0 Å². The SMILES string of the molecule is COc1ccc(NC(=O)C(=O)Nc2ccc(C(N)=O)cc2)cc1. The van der Waals surface area contributed by atoms with Gasteiger partial charge in [-0.25, -0.2) is 0 Å². The zero-order valence-electron chi connectivity index (χ0n) is 12.3. The van der Waals surface area contributed by atoms with E-state index in [4.69, 9.17) is 10.5 Å². The normalized spacial score (nSPS) is 9.78. The van der Waals surface area contributed by atoms with E-state index in [0.717, 1.165) is 0 Å². The van der Waals surface area contributed by atoms with Crippen LogP contribution in [0, 0.1) is 0 Å². The molecule has 0 aliphatic rings. The Morgan fingerprint density at radius 2 is 1.26 bits per heavy atom. The van der Waals surface area contributed by atoms with E-state index >= 15 is 0 Å². The van der Waals surface area contributed by atoms with Crippen molar-refractivity contribution in [3.05, 3.63) is 54.1 Å². The molecule has 118 valence electrons. The van der Waals surface area contributed by atoms with Crippen molar-refractivity contribution in [2.45, 2.75) is 0 Å². The number of methoxy groups -OCH3 is 1. The highest BCUT2D eigenvalue weighted by Gasteiger charge is 2.14. The molecule has 23 heavy (non-hydrogen) atoms. The van der Waals surface area contributed by atoms with Gasteiger partial charge in [0, 0.05) is 16.9 Å².